The van der Waals surface area contributed by atoms with Crippen molar-refractivity contribution in [2.45, 2.75) is 25.3 Å². The predicted molar refractivity (Wildman–Crippen MR) is 97.7 cm³/mol. The number of nitrogens with zero attached hydrogens (tertiary/aromatic N) is 4. The molecule has 0 aliphatic carbocycles. The number of likely N-dealkylation sites (tertiary alicyclic amines) is 1. The molecule has 0 bridgehead atoms. The first-order chi connectivity index (χ1) is 11.8. The monoisotopic (exact) mass is 377 g/mol. The Bertz CT molecular complexity index is 799. The molecule has 124 valence electrons. The highest BCUT2D eigenvalue weighted by Crippen LogP contribution is 2.33. The van der Waals surface area contributed by atoms with Gasteiger partial charge in [-0.25, -0.2) is 9.78 Å². The molecule has 24 heavy (non-hydrogen) atoms. The Balaban J connectivity index is 1.48. The lowest BCUT2D eigenvalue weighted by Crippen LogP contribution is -2.41. The standard InChI is InChI=1S/C15H15N5OS3/c21-15(17-14-19-18-13(24-14)11-5-3-8-22-11)20-7-2-1-4-10(20)12-16-6-9-23-12/h3,5-6,8-10H,1-2,4,7H2,(H,17,19,21)/t10-/m0/s1. The van der Waals surface area contributed by atoms with Crippen LogP contribution in [-0.4, -0.2) is 32.7 Å². The maximum Gasteiger partial charge on any atom is 0.324 e. The first-order valence-electron chi connectivity index (χ1n) is 7.65. The molecule has 6 nitrogen and oxygen atoms in total. The quantitative estimate of drug-likeness (QED) is 0.730. The van der Waals surface area contributed by atoms with E-state index < -0.39 is 0 Å². The number of hydrogen-bond donors (Lipinski definition) is 1. The first-order valence-corrected chi connectivity index (χ1v) is 10.2. The lowest BCUT2D eigenvalue weighted by atomic mass is 10.0. The molecule has 4 heterocycles. The molecule has 3 aromatic heterocycles. The van der Waals surface area contributed by atoms with Crippen LogP contribution in [0.15, 0.2) is 29.1 Å². The molecule has 1 N–H and O–H groups in total. The van der Waals surface area contributed by atoms with Gasteiger partial charge in [0.15, 0.2) is 5.01 Å². The molecule has 1 aliphatic heterocycles. The van der Waals surface area contributed by atoms with E-state index in [0.29, 0.717) is 5.13 Å². The van der Waals surface area contributed by atoms with Crippen LogP contribution in [-0.2, 0) is 0 Å². The Kier molecular flexibility index (Phi) is 4.54. The third kappa shape index (κ3) is 3.19. The Morgan fingerprint density at radius 1 is 1.25 bits per heavy atom. The maximum absolute atomic E-state index is 12.7. The molecule has 1 atom stereocenters. The maximum atomic E-state index is 12.7. The molecule has 1 saturated heterocycles. The summed E-state index contributed by atoms with van der Waals surface area (Å²) in [6.45, 7) is 0.743. The van der Waals surface area contributed by atoms with Crippen molar-refractivity contribution in [2.24, 2.45) is 0 Å². The molecule has 0 unspecified atom stereocenters. The highest BCUT2D eigenvalue weighted by molar-refractivity contribution is 7.23. The SMILES string of the molecule is O=C(Nc1nnc(-c2cccs2)s1)N1CCCC[C@H]1c1nccs1. The van der Waals surface area contributed by atoms with E-state index in [1.165, 1.54) is 11.3 Å². The minimum Gasteiger partial charge on any atom is -0.315 e. The first kappa shape index (κ1) is 15.7. The number of piperidine rings is 1. The van der Waals surface area contributed by atoms with E-state index in [4.69, 9.17) is 0 Å². The minimum absolute atomic E-state index is 0.0587. The van der Waals surface area contributed by atoms with E-state index in [-0.39, 0.29) is 12.1 Å². The summed E-state index contributed by atoms with van der Waals surface area (Å²) in [7, 11) is 0. The molecule has 2 amide bonds. The summed E-state index contributed by atoms with van der Waals surface area (Å²) in [6, 6.07) is 3.92. The lowest BCUT2D eigenvalue weighted by molar-refractivity contribution is 0.163. The van der Waals surface area contributed by atoms with Gasteiger partial charge in [-0.05, 0) is 30.7 Å². The minimum atomic E-state index is -0.122. The van der Waals surface area contributed by atoms with Gasteiger partial charge < -0.3 is 4.90 Å². The molecule has 1 fully saturated rings. The molecular weight excluding hydrogens is 362 g/mol. The van der Waals surface area contributed by atoms with Crippen LogP contribution in [0.25, 0.3) is 9.88 Å². The fraction of sp³-hybridized carbons (Fsp3) is 0.333. The van der Waals surface area contributed by atoms with Gasteiger partial charge in [0.2, 0.25) is 5.13 Å². The van der Waals surface area contributed by atoms with Crippen molar-refractivity contribution in [1.29, 1.82) is 0 Å². The number of carbonyl (C=O) groups is 1. The number of amides is 2. The second kappa shape index (κ2) is 6.96. The number of rotatable bonds is 3. The van der Waals surface area contributed by atoms with Gasteiger partial charge in [-0.1, -0.05) is 17.4 Å². The van der Waals surface area contributed by atoms with E-state index in [9.17, 15) is 4.79 Å². The van der Waals surface area contributed by atoms with Gasteiger partial charge in [-0.15, -0.1) is 32.9 Å². The Hall–Kier alpha value is -1.84. The molecule has 0 radical (unpaired) electrons. The number of aromatic nitrogens is 3. The molecule has 0 spiro atoms. The fourth-order valence-corrected chi connectivity index (χ4v) is 5.08. The van der Waals surface area contributed by atoms with Crippen LogP contribution in [0.1, 0.15) is 30.3 Å². The van der Waals surface area contributed by atoms with Crippen molar-refractivity contribution in [3.63, 3.8) is 0 Å². The molecule has 0 aromatic carbocycles. The average Bonchev–Trinajstić information content (AvgIpc) is 3.36. The van der Waals surface area contributed by atoms with Gasteiger partial charge in [0.1, 0.15) is 5.01 Å². The van der Waals surface area contributed by atoms with Crippen molar-refractivity contribution in [2.75, 3.05) is 11.9 Å². The summed E-state index contributed by atoms with van der Waals surface area (Å²) >= 11 is 4.61. The van der Waals surface area contributed by atoms with E-state index in [2.05, 4.69) is 20.5 Å². The van der Waals surface area contributed by atoms with Crippen LogP contribution in [0.2, 0.25) is 0 Å². The number of thiophene rings is 1. The van der Waals surface area contributed by atoms with Crippen molar-refractivity contribution in [3.8, 4) is 9.88 Å². The summed E-state index contributed by atoms with van der Waals surface area (Å²) in [5.41, 5.74) is 0. The van der Waals surface area contributed by atoms with E-state index >= 15 is 0 Å². The summed E-state index contributed by atoms with van der Waals surface area (Å²) in [4.78, 5) is 20.0. The van der Waals surface area contributed by atoms with Gasteiger partial charge in [0.05, 0.1) is 10.9 Å². The predicted octanol–water partition coefficient (Wildman–Crippen LogP) is 4.48. The normalized spacial score (nSPS) is 17.8. The van der Waals surface area contributed by atoms with Crippen LogP contribution in [0.3, 0.4) is 0 Å². The molecular formula is C15H15N5OS3. The lowest BCUT2D eigenvalue weighted by Gasteiger charge is -2.34. The summed E-state index contributed by atoms with van der Waals surface area (Å²) < 4.78 is 0. The average molecular weight is 378 g/mol. The summed E-state index contributed by atoms with van der Waals surface area (Å²) in [6.07, 6.45) is 4.89. The smallest absolute Gasteiger partial charge is 0.315 e. The number of carbonyl (C=O) groups excluding carboxylic acids is 1. The van der Waals surface area contributed by atoms with E-state index in [1.807, 2.05) is 27.8 Å². The van der Waals surface area contributed by atoms with Gasteiger partial charge in [-0.3, -0.25) is 5.32 Å². The number of hydrogen-bond acceptors (Lipinski definition) is 7. The van der Waals surface area contributed by atoms with Crippen molar-refractivity contribution >= 4 is 45.2 Å². The molecule has 1 aliphatic rings. The fourth-order valence-electron chi connectivity index (χ4n) is 2.77. The zero-order chi connectivity index (χ0) is 16.4. The van der Waals surface area contributed by atoms with Gasteiger partial charge >= 0.3 is 6.03 Å². The van der Waals surface area contributed by atoms with Crippen molar-refractivity contribution in [3.05, 3.63) is 34.1 Å². The number of anilines is 1. The van der Waals surface area contributed by atoms with Crippen LogP contribution < -0.4 is 5.32 Å². The number of nitrogens with one attached hydrogen (secondary N) is 1. The van der Waals surface area contributed by atoms with Gasteiger partial charge in [-0.2, -0.15) is 0 Å². The van der Waals surface area contributed by atoms with Crippen LogP contribution in [0, 0.1) is 0 Å². The summed E-state index contributed by atoms with van der Waals surface area (Å²) in [5.74, 6) is 0. The second-order valence-corrected chi connectivity index (χ2v) is 8.25. The Morgan fingerprint density at radius 2 is 2.21 bits per heavy atom. The summed E-state index contributed by atoms with van der Waals surface area (Å²) in [5, 5.41) is 17.5. The van der Waals surface area contributed by atoms with Crippen molar-refractivity contribution < 1.29 is 4.79 Å². The highest BCUT2D eigenvalue weighted by Gasteiger charge is 2.30. The number of urea groups is 1. The zero-order valence-corrected chi connectivity index (χ0v) is 15.2. The van der Waals surface area contributed by atoms with Crippen LogP contribution in [0.5, 0.6) is 0 Å². The van der Waals surface area contributed by atoms with Crippen molar-refractivity contribution in [1.82, 2.24) is 20.1 Å². The Labute approximate surface area is 151 Å². The van der Waals surface area contributed by atoms with Crippen LogP contribution in [0.4, 0.5) is 9.93 Å². The van der Waals surface area contributed by atoms with E-state index in [1.54, 1.807) is 28.9 Å². The van der Waals surface area contributed by atoms with Gasteiger partial charge in [0, 0.05) is 18.1 Å². The Morgan fingerprint density at radius 3 is 3.00 bits per heavy atom. The highest BCUT2D eigenvalue weighted by atomic mass is 32.1. The third-order valence-electron chi connectivity index (χ3n) is 3.87. The topological polar surface area (TPSA) is 71.0 Å². The molecule has 0 saturated carbocycles. The molecule has 9 heteroatoms. The second-order valence-electron chi connectivity index (χ2n) is 5.40. The van der Waals surface area contributed by atoms with Gasteiger partial charge in [0.25, 0.3) is 0 Å². The number of thiazole rings is 1. The molecule has 4 rings (SSSR count). The third-order valence-corrected chi connectivity index (χ3v) is 6.63. The van der Waals surface area contributed by atoms with E-state index in [0.717, 1.165) is 40.7 Å². The largest absolute Gasteiger partial charge is 0.324 e. The zero-order valence-electron chi connectivity index (χ0n) is 12.7. The molecule has 3 aromatic rings. The van der Waals surface area contributed by atoms with Crippen LogP contribution >= 0.6 is 34.0 Å².